The maximum atomic E-state index is 14.1. The fourth-order valence-corrected chi connectivity index (χ4v) is 5.09. The molecule has 2 amide bonds. The summed E-state index contributed by atoms with van der Waals surface area (Å²) in [6, 6.07) is 24.7. The lowest BCUT2D eigenvalue weighted by Crippen LogP contribution is -2.53. The smallest absolute Gasteiger partial charge is 0.244 e. The fourth-order valence-electron chi connectivity index (χ4n) is 4.24. The minimum atomic E-state index is -3.87. The Bertz CT molecular complexity index is 1320. The first-order chi connectivity index (χ1) is 18.7. The van der Waals surface area contributed by atoms with Crippen LogP contribution in [0.4, 0.5) is 5.69 Å². The first kappa shape index (κ1) is 29.7. The largest absolute Gasteiger partial charge is 0.492 e. The molecule has 0 heterocycles. The Labute approximate surface area is 231 Å². The number of sulfonamides is 1. The van der Waals surface area contributed by atoms with Crippen molar-refractivity contribution in [3.63, 3.8) is 0 Å². The summed E-state index contributed by atoms with van der Waals surface area (Å²) in [6.07, 6.45) is 2.08. The molecule has 39 heavy (non-hydrogen) atoms. The van der Waals surface area contributed by atoms with Gasteiger partial charge in [-0.2, -0.15) is 0 Å². The molecular formula is C30H37N3O5S. The van der Waals surface area contributed by atoms with Crippen LogP contribution < -0.4 is 14.4 Å². The molecule has 9 heteroatoms. The van der Waals surface area contributed by atoms with Crippen LogP contribution in [0.25, 0.3) is 0 Å². The number of hydrogen-bond acceptors (Lipinski definition) is 5. The summed E-state index contributed by atoms with van der Waals surface area (Å²) >= 11 is 0. The van der Waals surface area contributed by atoms with Crippen molar-refractivity contribution in [2.75, 3.05) is 30.3 Å². The Morgan fingerprint density at radius 1 is 0.872 bits per heavy atom. The zero-order valence-electron chi connectivity index (χ0n) is 22.7. The van der Waals surface area contributed by atoms with E-state index in [2.05, 4.69) is 5.32 Å². The van der Waals surface area contributed by atoms with Crippen LogP contribution >= 0.6 is 0 Å². The molecule has 1 unspecified atom stereocenters. The van der Waals surface area contributed by atoms with Gasteiger partial charge in [0.25, 0.3) is 0 Å². The molecule has 8 nitrogen and oxygen atoms in total. The van der Waals surface area contributed by atoms with Crippen LogP contribution in [0.3, 0.4) is 0 Å². The number of nitrogens with one attached hydrogen (secondary N) is 1. The highest BCUT2D eigenvalue weighted by molar-refractivity contribution is 7.92. The molecule has 0 aliphatic carbocycles. The number of amides is 2. The average Bonchev–Trinajstić information content (AvgIpc) is 2.93. The van der Waals surface area contributed by atoms with Gasteiger partial charge in [-0.1, -0.05) is 79.7 Å². The third kappa shape index (κ3) is 8.58. The molecule has 1 atom stereocenters. The molecule has 0 aromatic heterocycles. The van der Waals surface area contributed by atoms with Crippen molar-refractivity contribution in [1.29, 1.82) is 0 Å². The summed E-state index contributed by atoms with van der Waals surface area (Å²) in [6.45, 7) is 4.22. The average molecular weight is 552 g/mol. The van der Waals surface area contributed by atoms with Crippen molar-refractivity contribution in [3.05, 3.63) is 96.1 Å². The second-order valence-electron chi connectivity index (χ2n) is 9.17. The lowest BCUT2D eigenvalue weighted by atomic mass is 10.0. The van der Waals surface area contributed by atoms with Crippen LogP contribution in [0, 0.1) is 0 Å². The van der Waals surface area contributed by atoms with Crippen molar-refractivity contribution >= 4 is 27.5 Å². The van der Waals surface area contributed by atoms with Gasteiger partial charge in [-0.05, 0) is 36.6 Å². The van der Waals surface area contributed by atoms with Crippen LogP contribution in [0.15, 0.2) is 84.9 Å². The van der Waals surface area contributed by atoms with Gasteiger partial charge in [0.15, 0.2) is 0 Å². The van der Waals surface area contributed by atoms with Crippen LogP contribution in [0.1, 0.15) is 31.4 Å². The van der Waals surface area contributed by atoms with Gasteiger partial charge >= 0.3 is 0 Å². The van der Waals surface area contributed by atoms with Gasteiger partial charge in [0.2, 0.25) is 21.8 Å². The number of nitrogens with zero attached hydrogens (tertiary/aromatic N) is 2. The Morgan fingerprint density at radius 2 is 1.46 bits per heavy atom. The predicted molar refractivity (Wildman–Crippen MR) is 154 cm³/mol. The highest BCUT2D eigenvalue weighted by Crippen LogP contribution is 2.30. The number of carbonyl (C=O) groups is 2. The molecule has 208 valence electrons. The number of hydrogen-bond donors (Lipinski definition) is 1. The molecule has 3 aromatic carbocycles. The first-order valence-corrected chi connectivity index (χ1v) is 14.9. The number of ether oxygens (including phenoxy) is 1. The highest BCUT2D eigenvalue weighted by Gasteiger charge is 2.33. The van der Waals surface area contributed by atoms with Crippen molar-refractivity contribution < 1.29 is 22.7 Å². The summed E-state index contributed by atoms with van der Waals surface area (Å²) < 4.78 is 32.6. The zero-order valence-corrected chi connectivity index (χ0v) is 23.6. The molecule has 3 aromatic rings. The molecule has 0 bridgehead atoms. The quantitative estimate of drug-likeness (QED) is 0.327. The Morgan fingerprint density at radius 3 is 2.05 bits per heavy atom. The van der Waals surface area contributed by atoms with Crippen molar-refractivity contribution in [2.24, 2.45) is 0 Å². The van der Waals surface area contributed by atoms with Crippen molar-refractivity contribution in [1.82, 2.24) is 10.2 Å². The minimum Gasteiger partial charge on any atom is -0.492 e. The maximum absolute atomic E-state index is 14.1. The predicted octanol–water partition coefficient (Wildman–Crippen LogP) is 4.02. The van der Waals surface area contributed by atoms with Crippen LogP contribution in [0.5, 0.6) is 5.75 Å². The summed E-state index contributed by atoms with van der Waals surface area (Å²) in [5, 5.41) is 2.93. The second kappa shape index (κ2) is 14.3. The highest BCUT2D eigenvalue weighted by atomic mass is 32.2. The monoisotopic (exact) mass is 551 g/mol. The van der Waals surface area contributed by atoms with E-state index in [0.717, 1.165) is 28.1 Å². The molecule has 0 spiro atoms. The molecule has 0 fully saturated rings. The molecule has 0 aliphatic rings. The van der Waals surface area contributed by atoms with Crippen LogP contribution in [-0.2, 0) is 32.6 Å². The lowest BCUT2D eigenvalue weighted by molar-refractivity contribution is -0.140. The topological polar surface area (TPSA) is 96.0 Å². The third-order valence-electron chi connectivity index (χ3n) is 6.13. The zero-order chi connectivity index (χ0) is 28.3. The van der Waals surface area contributed by atoms with E-state index in [9.17, 15) is 18.0 Å². The van der Waals surface area contributed by atoms with E-state index in [0.29, 0.717) is 18.9 Å². The van der Waals surface area contributed by atoms with Gasteiger partial charge in [0.1, 0.15) is 18.3 Å². The van der Waals surface area contributed by atoms with Crippen molar-refractivity contribution in [2.45, 2.75) is 39.3 Å². The summed E-state index contributed by atoms with van der Waals surface area (Å²) in [7, 11) is -3.87. The minimum absolute atomic E-state index is 0.140. The second-order valence-corrected chi connectivity index (χ2v) is 11.1. The number of rotatable bonds is 14. The number of para-hydroxylation sites is 2. The van der Waals surface area contributed by atoms with Crippen LogP contribution in [0.2, 0.25) is 0 Å². The summed E-state index contributed by atoms with van der Waals surface area (Å²) in [4.78, 5) is 29.0. The van der Waals surface area contributed by atoms with Gasteiger partial charge in [-0.15, -0.1) is 0 Å². The SMILES string of the molecule is CCCNC(=O)C(Cc1ccccc1)N(Cc1ccccc1)C(=O)CN(c1ccccc1OCC)S(C)(=O)=O. The third-order valence-corrected chi connectivity index (χ3v) is 7.26. The van der Waals surface area contributed by atoms with E-state index in [1.165, 1.54) is 4.90 Å². The molecule has 0 radical (unpaired) electrons. The number of anilines is 1. The Kier molecular flexibility index (Phi) is 10.9. The standard InChI is InChI=1S/C30H37N3O5S/c1-4-20-31-30(35)27(21-24-14-8-6-9-15-24)32(22-25-16-10-7-11-17-25)29(34)23-33(39(3,36)37)26-18-12-13-19-28(26)38-5-2/h6-19,27H,4-5,20-23H2,1-3H3,(H,31,35). The summed E-state index contributed by atoms with van der Waals surface area (Å²) in [5.74, 6) is -0.428. The molecule has 0 saturated carbocycles. The van der Waals surface area contributed by atoms with Crippen LogP contribution in [-0.4, -0.2) is 57.1 Å². The summed E-state index contributed by atoms with van der Waals surface area (Å²) in [5.41, 5.74) is 1.99. The fraction of sp³-hybridized carbons (Fsp3) is 0.333. The lowest BCUT2D eigenvalue weighted by Gasteiger charge is -2.33. The normalized spacial score (nSPS) is 11.9. The Hall–Kier alpha value is -3.85. The molecule has 0 saturated heterocycles. The van der Waals surface area contributed by atoms with Gasteiger partial charge in [-0.25, -0.2) is 8.42 Å². The van der Waals surface area contributed by atoms with E-state index in [4.69, 9.17) is 4.74 Å². The van der Waals surface area contributed by atoms with Gasteiger partial charge < -0.3 is 15.0 Å². The molecule has 1 N–H and O–H groups in total. The molecular weight excluding hydrogens is 514 g/mol. The van der Waals surface area contributed by atoms with Crippen molar-refractivity contribution in [3.8, 4) is 5.75 Å². The maximum Gasteiger partial charge on any atom is 0.244 e. The number of carbonyl (C=O) groups excluding carboxylic acids is 2. The van der Waals surface area contributed by atoms with E-state index < -0.39 is 28.5 Å². The van der Waals surface area contributed by atoms with Gasteiger partial charge in [0.05, 0.1) is 18.6 Å². The Balaban J connectivity index is 2.04. The van der Waals surface area contributed by atoms with E-state index >= 15 is 0 Å². The van der Waals surface area contributed by atoms with Gasteiger partial charge in [-0.3, -0.25) is 13.9 Å². The molecule has 3 rings (SSSR count). The van der Waals surface area contributed by atoms with E-state index in [1.807, 2.05) is 67.6 Å². The van der Waals surface area contributed by atoms with E-state index in [1.54, 1.807) is 31.2 Å². The molecule has 0 aliphatic heterocycles. The number of benzene rings is 3. The van der Waals surface area contributed by atoms with E-state index in [-0.39, 0.29) is 24.6 Å². The van der Waals surface area contributed by atoms with Gasteiger partial charge in [0, 0.05) is 19.5 Å². The first-order valence-electron chi connectivity index (χ1n) is 13.1.